The number of nitrogens with zero attached hydrogens (tertiary/aromatic N) is 2. The number of amides is 1. The number of hydrogen-bond donors (Lipinski definition) is 2. The number of carbonyl (C=O) groups excluding carboxylic acids is 1. The third-order valence-corrected chi connectivity index (χ3v) is 3.46. The average molecular weight is 392 g/mol. The minimum absolute atomic E-state index is 0.0508. The van der Waals surface area contributed by atoms with Crippen molar-refractivity contribution >= 4 is 23.5 Å². The summed E-state index contributed by atoms with van der Waals surface area (Å²) in [6.45, 7) is 0. The zero-order chi connectivity index (χ0) is 19.3. The van der Waals surface area contributed by atoms with E-state index in [9.17, 15) is 22.8 Å². The highest BCUT2D eigenvalue weighted by Gasteiger charge is 2.36. The Morgan fingerprint density at radius 3 is 2.50 bits per heavy atom. The Hall–Kier alpha value is -2.62. The fourth-order valence-corrected chi connectivity index (χ4v) is 2.12. The van der Waals surface area contributed by atoms with Crippen LogP contribution in [0.15, 0.2) is 28.8 Å². The smallest absolute Gasteiger partial charge is 0.391 e. The largest absolute Gasteiger partial charge is 0.480 e. The van der Waals surface area contributed by atoms with Crippen molar-refractivity contribution in [2.75, 3.05) is 0 Å². The van der Waals surface area contributed by atoms with Gasteiger partial charge < -0.3 is 14.9 Å². The minimum atomic E-state index is -4.71. The average Bonchev–Trinajstić information content (AvgIpc) is 3.00. The summed E-state index contributed by atoms with van der Waals surface area (Å²) in [4.78, 5) is 26.5. The molecular formula is C15H13ClF3N3O4. The lowest BCUT2D eigenvalue weighted by Gasteiger charge is -2.15. The van der Waals surface area contributed by atoms with Crippen molar-refractivity contribution in [2.45, 2.75) is 31.5 Å². The lowest BCUT2D eigenvalue weighted by molar-refractivity contribution is -0.160. The van der Waals surface area contributed by atoms with Crippen LogP contribution in [0.2, 0.25) is 5.02 Å². The summed E-state index contributed by atoms with van der Waals surface area (Å²) in [6.07, 6.45) is -6.72. The van der Waals surface area contributed by atoms with Gasteiger partial charge in [0.2, 0.25) is 17.6 Å². The summed E-state index contributed by atoms with van der Waals surface area (Å²) in [5.74, 6) is -2.28. The Morgan fingerprint density at radius 1 is 1.27 bits per heavy atom. The number of rotatable bonds is 7. The third-order valence-electron chi connectivity index (χ3n) is 3.21. The molecule has 2 rings (SSSR count). The van der Waals surface area contributed by atoms with E-state index in [0.29, 0.717) is 10.6 Å². The molecule has 0 aliphatic rings. The van der Waals surface area contributed by atoms with Crippen molar-refractivity contribution in [3.63, 3.8) is 0 Å². The number of aliphatic carboxylic acids is 1. The second-order valence-corrected chi connectivity index (χ2v) is 5.73. The summed E-state index contributed by atoms with van der Waals surface area (Å²) >= 11 is 5.77. The first-order chi connectivity index (χ1) is 12.1. The van der Waals surface area contributed by atoms with Gasteiger partial charge in [0.05, 0.1) is 6.42 Å². The van der Waals surface area contributed by atoms with Crippen LogP contribution >= 0.6 is 11.6 Å². The highest BCUT2D eigenvalue weighted by Crippen LogP contribution is 2.22. The van der Waals surface area contributed by atoms with E-state index in [2.05, 4.69) is 10.1 Å². The van der Waals surface area contributed by atoms with Crippen LogP contribution in [-0.2, 0) is 16.0 Å². The topological polar surface area (TPSA) is 105 Å². The highest BCUT2D eigenvalue weighted by molar-refractivity contribution is 6.30. The maximum Gasteiger partial charge on any atom is 0.391 e. The van der Waals surface area contributed by atoms with Gasteiger partial charge in [0.25, 0.3) is 0 Å². The summed E-state index contributed by atoms with van der Waals surface area (Å²) < 4.78 is 41.9. The standard InChI is InChI=1S/C15H13ClF3N3O4/c16-9-3-1-8(2-4-9)13-21-12(26-22-13)6-5-11(23)20-10(14(24)25)7-15(17,18)19/h1-4,10H,5-7H2,(H,20,23)(H,24,25). The fraction of sp³-hybridized carbons (Fsp3) is 0.333. The van der Waals surface area contributed by atoms with Gasteiger partial charge in [-0.3, -0.25) is 4.79 Å². The van der Waals surface area contributed by atoms with Crippen molar-refractivity contribution in [1.29, 1.82) is 0 Å². The van der Waals surface area contributed by atoms with E-state index in [0.717, 1.165) is 0 Å². The van der Waals surface area contributed by atoms with Crippen LogP contribution in [0.4, 0.5) is 13.2 Å². The fourth-order valence-electron chi connectivity index (χ4n) is 1.99. The first-order valence-electron chi connectivity index (χ1n) is 7.31. The van der Waals surface area contributed by atoms with Gasteiger partial charge in [-0.25, -0.2) is 4.79 Å². The zero-order valence-electron chi connectivity index (χ0n) is 13.1. The molecule has 7 nitrogen and oxygen atoms in total. The van der Waals surface area contributed by atoms with Crippen LogP contribution in [0.25, 0.3) is 11.4 Å². The van der Waals surface area contributed by atoms with Gasteiger partial charge >= 0.3 is 12.1 Å². The number of hydrogen-bond acceptors (Lipinski definition) is 5. The monoisotopic (exact) mass is 391 g/mol. The van der Waals surface area contributed by atoms with Crippen molar-refractivity contribution in [1.82, 2.24) is 15.5 Å². The number of carboxylic acids is 1. The number of carbonyl (C=O) groups is 2. The number of halogens is 4. The van der Waals surface area contributed by atoms with Gasteiger partial charge in [0, 0.05) is 23.4 Å². The van der Waals surface area contributed by atoms with Gasteiger partial charge in [0.1, 0.15) is 6.04 Å². The lowest BCUT2D eigenvalue weighted by Crippen LogP contribution is -2.43. The number of alkyl halides is 3. The molecule has 2 N–H and O–H groups in total. The van der Waals surface area contributed by atoms with Crippen LogP contribution in [0.1, 0.15) is 18.7 Å². The van der Waals surface area contributed by atoms with Gasteiger partial charge in [-0.1, -0.05) is 16.8 Å². The number of aryl methyl sites for hydroxylation is 1. The Bertz CT molecular complexity index is 777. The first-order valence-corrected chi connectivity index (χ1v) is 7.69. The van der Waals surface area contributed by atoms with Crippen LogP contribution < -0.4 is 5.32 Å². The van der Waals surface area contributed by atoms with E-state index in [1.807, 2.05) is 5.32 Å². The van der Waals surface area contributed by atoms with E-state index < -0.39 is 30.5 Å². The summed E-state index contributed by atoms with van der Waals surface area (Å²) in [5.41, 5.74) is 0.630. The van der Waals surface area contributed by atoms with E-state index in [-0.39, 0.29) is 24.6 Å². The minimum Gasteiger partial charge on any atom is -0.480 e. The van der Waals surface area contributed by atoms with Gasteiger partial charge in [-0.2, -0.15) is 18.2 Å². The summed E-state index contributed by atoms with van der Waals surface area (Å²) in [6, 6.07) is 4.55. The van der Waals surface area contributed by atoms with Crippen LogP contribution in [-0.4, -0.2) is 39.3 Å². The molecule has 11 heteroatoms. The van der Waals surface area contributed by atoms with Gasteiger partial charge in [-0.15, -0.1) is 0 Å². The van der Waals surface area contributed by atoms with Gasteiger partial charge in [-0.05, 0) is 24.3 Å². The van der Waals surface area contributed by atoms with E-state index in [1.54, 1.807) is 24.3 Å². The quantitative estimate of drug-likeness (QED) is 0.752. The molecule has 0 bridgehead atoms. The molecule has 1 atom stereocenters. The molecule has 1 unspecified atom stereocenters. The van der Waals surface area contributed by atoms with E-state index in [4.69, 9.17) is 21.2 Å². The molecule has 140 valence electrons. The molecule has 0 fully saturated rings. The number of aromatic nitrogens is 2. The normalized spacial score (nSPS) is 12.6. The zero-order valence-corrected chi connectivity index (χ0v) is 13.8. The molecule has 0 radical (unpaired) electrons. The van der Waals surface area contributed by atoms with Crippen LogP contribution in [0, 0.1) is 0 Å². The SMILES string of the molecule is O=C(CCc1nc(-c2ccc(Cl)cc2)no1)NC(CC(F)(F)F)C(=O)O. The van der Waals surface area contributed by atoms with Crippen LogP contribution in [0.3, 0.4) is 0 Å². The molecule has 1 aromatic carbocycles. The second-order valence-electron chi connectivity index (χ2n) is 5.30. The van der Waals surface area contributed by atoms with Crippen molar-refractivity contribution < 1.29 is 32.4 Å². The lowest BCUT2D eigenvalue weighted by atomic mass is 10.2. The first kappa shape index (κ1) is 19.7. The third kappa shape index (κ3) is 6.03. The predicted molar refractivity (Wildman–Crippen MR) is 83.3 cm³/mol. The molecule has 0 aliphatic heterocycles. The number of benzene rings is 1. The molecule has 1 heterocycles. The molecule has 0 saturated carbocycles. The molecule has 1 amide bonds. The Morgan fingerprint density at radius 2 is 1.92 bits per heavy atom. The van der Waals surface area contributed by atoms with Crippen LogP contribution in [0.5, 0.6) is 0 Å². The second kappa shape index (κ2) is 8.17. The van der Waals surface area contributed by atoms with Gasteiger partial charge in [0.15, 0.2) is 0 Å². The van der Waals surface area contributed by atoms with Crippen molar-refractivity contribution in [3.8, 4) is 11.4 Å². The number of nitrogens with one attached hydrogen (secondary N) is 1. The molecule has 0 spiro atoms. The molecule has 0 saturated heterocycles. The molecule has 26 heavy (non-hydrogen) atoms. The van der Waals surface area contributed by atoms with E-state index >= 15 is 0 Å². The van der Waals surface area contributed by atoms with E-state index in [1.165, 1.54) is 0 Å². The molecule has 1 aromatic heterocycles. The molecular weight excluding hydrogens is 379 g/mol. The maximum atomic E-state index is 12.3. The Balaban J connectivity index is 1.91. The Labute approximate surface area is 150 Å². The highest BCUT2D eigenvalue weighted by atomic mass is 35.5. The van der Waals surface area contributed by atoms with Crippen molar-refractivity contribution in [3.05, 3.63) is 35.2 Å². The maximum absolute atomic E-state index is 12.3. The summed E-state index contributed by atoms with van der Waals surface area (Å²) in [7, 11) is 0. The molecule has 2 aromatic rings. The summed E-state index contributed by atoms with van der Waals surface area (Å²) in [5, 5.41) is 14.8. The molecule has 0 aliphatic carbocycles. The predicted octanol–water partition coefficient (Wildman–Crippen LogP) is 2.84. The number of carboxylic acid groups (broad SMARTS) is 1. The van der Waals surface area contributed by atoms with Crippen molar-refractivity contribution in [2.24, 2.45) is 0 Å². The Kier molecular flexibility index (Phi) is 6.19.